The van der Waals surface area contributed by atoms with Crippen molar-refractivity contribution in [1.82, 2.24) is 5.32 Å². The Balaban J connectivity index is 1.88. The van der Waals surface area contributed by atoms with E-state index in [4.69, 9.17) is 21.7 Å². The van der Waals surface area contributed by atoms with Crippen molar-refractivity contribution in [3.05, 3.63) is 52.5 Å². The molecule has 0 aromatic heterocycles. The minimum atomic E-state index is -0.291. The standard InChI is InChI=1S/C22H27BrN2O3S/c1-4-5-12-27-20-11-6-16(13-19(20)23)21(26)25-22(29)24-17-7-9-18(10-8-17)28-14-15(2)3/h6-11,13,15H,4-5,12,14H2,1-3H3,(H2,24,25,26,29). The molecule has 2 aromatic carbocycles. The van der Waals surface area contributed by atoms with E-state index >= 15 is 0 Å². The molecule has 5 nitrogen and oxygen atoms in total. The number of rotatable bonds is 9. The Morgan fingerprint density at radius 2 is 1.86 bits per heavy atom. The van der Waals surface area contributed by atoms with Gasteiger partial charge in [-0.3, -0.25) is 10.1 Å². The maximum atomic E-state index is 12.5. The smallest absolute Gasteiger partial charge is 0.257 e. The van der Waals surface area contributed by atoms with Crippen molar-refractivity contribution in [2.75, 3.05) is 18.5 Å². The van der Waals surface area contributed by atoms with Gasteiger partial charge in [-0.05, 0) is 83.0 Å². The topological polar surface area (TPSA) is 59.6 Å². The highest BCUT2D eigenvalue weighted by Gasteiger charge is 2.11. The molecule has 0 spiro atoms. The SMILES string of the molecule is CCCCOc1ccc(C(=O)NC(=S)Nc2ccc(OCC(C)C)cc2)cc1Br. The molecule has 1 amide bonds. The molecule has 29 heavy (non-hydrogen) atoms. The van der Waals surface area contributed by atoms with Gasteiger partial charge in [0.15, 0.2) is 5.11 Å². The molecule has 0 aliphatic rings. The van der Waals surface area contributed by atoms with Crippen molar-refractivity contribution in [2.24, 2.45) is 5.92 Å². The normalized spacial score (nSPS) is 10.5. The molecule has 0 unspecified atom stereocenters. The van der Waals surface area contributed by atoms with Crippen molar-refractivity contribution in [3.63, 3.8) is 0 Å². The van der Waals surface area contributed by atoms with Crippen molar-refractivity contribution in [2.45, 2.75) is 33.6 Å². The third-order valence-corrected chi connectivity index (χ3v) is 4.70. The third kappa shape index (κ3) is 8.03. The fraction of sp³-hybridized carbons (Fsp3) is 0.364. The lowest BCUT2D eigenvalue weighted by Crippen LogP contribution is -2.34. The van der Waals surface area contributed by atoms with Gasteiger partial charge in [-0.15, -0.1) is 0 Å². The molecule has 0 aliphatic heterocycles. The van der Waals surface area contributed by atoms with Crippen molar-refractivity contribution in [1.29, 1.82) is 0 Å². The van der Waals surface area contributed by atoms with Gasteiger partial charge in [0.2, 0.25) is 0 Å². The lowest BCUT2D eigenvalue weighted by molar-refractivity contribution is 0.0977. The molecule has 2 aromatic rings. The Kier molecular flexibility index (Phi) is 9.41. The second-order valence-electron chi connectivity index (χ2n) is 6.98. The quantitative estimate of drug-likeness (QED) is 0.352. The molecule has 0 bridgehead atoms. The summed E-state index contributed by atoms with van der Waals surface area (Å²) in [6.07, 6.45) is 2.05. The van der Waals surface area contributed by atoms with Crippen LogP contribution in [-0.4, -0.2) is 24.2 Å². The first-order chi connectivity index (χ1) is 13.9. The zero-order valence-electron chi connectivity index (χ0n) is 17.0. The van der Waals surface area contributed by atoms with Gasteiger partial charge in [0, 0.05) is 11.3 Å². The van der Waals surface area contributed by atoms with Gasteiger partial charge in [0.05, 0.1) is 17.7 Å². The average molecular weight is 479 g/mol. The van der Waals surface area contributed by atoms with E-state index in [0.29, 0.717) is 24.7 Å². The molecule has 0 atom stereocenters. The van der Waals surface area contributed by atoms with Gasteiger partial charge in [-0.1, -0.05) is 27.2 Å². The fourth-order valence-corrected chi connectivity index (χ4v) is 3.02. The first-order valence-electron chi connectivity index (χ1n) is 9.66. The van der Waals surface area contributed by atoms with E-state index in [-0.39, 0.29) is 11.0 Å². The number of ether oxygens (including phenoxy) is 2. The molecule has 0 heterocycles. The Bertz CT molecular complexity index is 825. The number of carbonyl (C=O) groups excluding carboxylic acids is 1. The van der Waals surface area contributed by atoms with Gasteiger partial charge < -0.3 is 14.8 Å². The van der Waals surface area contributed by atoms with E-state index in [1.165, 1.54) is 0 Å². The molecular weight excluding hydrogens is 452 g/mol. The van der Waals surface area contributed by atoms with Crippen LogP contribution in [0.25, 0.3) is 0 Å². The average Bonchev–Trinajstić information content (AvgIpc) is 2.68. The van der Waals surface area contributed by atoms with Gasteiger partial charge in [0.1, 0.15) is 11.5 Å². The maximum absolute atomic E-state index is 12.5. The zero-order valence-corrected chi connectivity index (χ0v) is 19.4. The van der Waals surface area contributed by atoms with E-state index in [2.05, 4.69) is 47.3 Å². The highest BCUT2D eigenvalue weighted by atomic mass is 79.9. The lowest BCUT2D eigenvalue weighted by atomic mass is 10.2. The molecule has 156 valence electrons. The number of amides is 1. The number of nitrogens with one attached hydrogen (secondary N) is 2. The van der Waals surface area contributed by atoms with Gasteiger partial charge in [-0.25, -0.2) is 0 Å². The highest BCUT2D eigenvalue weighted by molar-refractivity contribution is 9.10. The van der Waals surface area contributed by atoms with Crippen molar-refractivity contribution in [3.8, 4) is 11.5 Å². The zero-order chi connectivity index (χ0) is 21.2. The molecule has 7 heteroatoms. The van der Waals surface area contributed by atoms with Crippen LogP contribution in [0.3, 0.4) is 0 Å². The lowest BCUT2D eigenvalue weighted by Gasteiger charge is -2.12. The Morgan fingerprint density at radius 3 is 2.48 bits per heavy atom. The summed E-state index contributed by atoms with van der Waals surface area (Å²) >= 11 is 8.70. The molecule has 0 saturated carbocycles. The van der Waals surface area contributed by atoms with Crippen molar-refractivity contribution >= 4 is 44.9 Å². The van der Waals surface area contributed by atoms with Crippen LogP contribution in [0.5, 0.6) is 11.5 Å². The molecule has 2 rings (SSSR count). The predicted octanol–water partition coefficient (Wildman–Crippen LogP) is 5.79. The Labute approximate surface area is 186 Å². The summed E-state index contributed by atoms with van der Waals surface area (Å²) in [6.45, 7) is 7.62. The summed E-state index contributed by atoms with van der Waals surface area (Å²) in [5, 5.41) is 5.92. The number of hydrogen-bond donors (Lipinski definition) is 2. The molecular formula is C22H27BrN2O3S. The molecule has 0 saturated heterocycles. The van der Waals surface area contributed by atoms with E-state index in [1.807, 2.05) is 24.3 Å². The van der Waals surface area contributed by atoms with E-state index < -0.39 is 0 Å². The van der Waals surface area contributed by atoms with Crippen LogP contribution in [-0.2, 0) is 0 Å². The van der Waals surface area contributed by atoms with Crippen molar-refractivity contribution < 1.29 is 14.3 Å². The summed E-state index contributed by atoms with van der Waals surface area (Å²) in [4.78, 5) is 12.5. The largest absolute Gasteiger partial charge is 0.493 e. The Morgan fingerprint density at radius 1 is 1.14 bits per heavy atom. The Hall–Kier alpha value is -2.12. The van der Waals surface area contributed by atoms with Crippen LogP contribution in [0.15, 0.2) is 46.9 Å². The fourth-order valence-electron chi connectivity index (χ4n) is 2.32. The van der Waals surface area contributed by atoms with Crippen LogP contribution in [0, 0.1) is 5.92 Å². The number of halogens is 1. The summed E-state index contributed by atoms with van der Waals surface area (Å²) in [6, 6.07) is 12.7. The van der Waals surface area contributed by atoms with Crippen LogP contribution in [0.1, 0.15) is 44.0 Å². The highest BCUT2D eigenvalue weighted by Crippen LogP contribution is 2.26. The van der Waals surface area contributed by atoms with Crippen LogP contribution in [0.4, 0.5) is 5.69 Å². The van der Waals surface area contributed by atoms with Crippen LogP contribution < -0.4 is 20.1 Å². The monoisotopic (exact) mass is 478 g/mol. The van der Waals surface area contributed by atoms with Gasteiger partial charge >= 0.3 is 0 Å². The third-order valence-electron chi connectivity index (χ3n) is 3.87. The second kappa shape index (κ2) is 11.8. The number of unbranched alkanes of at least 4 members (excludes halogenated alkanes) is 1. The van der Waals surface area contributed by atoms with Crippen LogP contribution >= 0.6 is 28.1 Å². The number of thiocarbonyl (C=S) groups is 1. The second-order valence-corrected chi connectivity index (χ2v) is 8.25. The number of hydrogen-bond acceptors (Lipinski definition) is 4. The summed E-state index contributed by atoms with van der Waals surface area (Å²) in [7, 11) is 0. The first kappa shape index (κ1) is 23.2. The summed E-state index contributed by atoms with van der Waals surface area (Å²) < 4.78 is 12.1. The van der Waals surface area contributed by atoms with E-state index in [0.717, 1.165) is 34.5 Å². The molecule has 0 fully saturated rings. The van der Waals surface area contributed by atoms with E-state index in [1.54, 1.807) is 18.2 Å². The minimum Gasteiger partial charge on any atom is -0.493 e. The summed E-state index contributed by atoms with van der Waals surface area (Å²) in [5.74, 6) is 1.69. The van der Waals surface area contributed by atoms with Gasteiger partial charge in [0.25, 0.3) is 5.91 Å². The molecule has 2 N–H and O–H groups in total. The van der Waals surface area contributed by atoms with Gasteiger partial charge in [-0.2, -0.15) is 0 Å². The van der Waals surface area contributed by atoms with Crippen LogP contribution in [0.2, 0.25) is 0 Å². The summed E-state index contributed by atoms with van der Waals surface area (Å²) in [5.41, 5.74) is 1.26. The first-order valence-corrected chi connectivity index (χ1v) is 10.9. The number of anilines is 1. The minimum absolute atomic E-state index is 0.227. The molecule has 0 radical (unpaired) electrons. The molecule has 0 aliphatic carbocycles. The number of carbonyl (C=O) groups is 1. The maximum Gasteiger partial charge on any atom is 0.257 e. The van der Waals surface area contributed by atoms with E-state index in [9.17, 15) is 4.79 Å². The number of benzene rings is 2. The predicted molar refractivity (Wildman–Crippen MR) is 125 cm³/mol.